The Labute approximate surface area is 137 Å². The zero-order valence-corrected chi connectivity index (χ0v) is 14.3. The number of piperidine rings is 1. The van der Waals surface area contributed by atoms with E-state index in [4.69, 9.17) is 4.42 Å². The summed E-state index contributed by atoms with van der Waals surface area (Å²) in [5.74, 6) is 2.08. The van der Waals surface area contributed by atoms with Gasteiger partial charge >= 0.3 is 0 Å². The molecule has 1 fully saturated rings. The predicted molar refractivity (Wildman–Crippen MR) is 89.0 cm³/mol. The van der Waals surface area contributed by atoms with Gasteiger partial charge in [0, 0.05) is 25.2 Å². The fourth-order valence-electron chi connectivity index (χ4n) is 3.27. The lowest BCUT2D eigenvalue weighted by Crippen LogP contribution is -2.43. The molecule has 1 aliphatic heterocycles. The number of nitrogens with one attached hydrogen (secondary N) is 1. The van der Waals surface area contributed by atoms with Gasteiger partial charge in [0.05, 0.1) is 18.8 Å². The summed E-state index contributed by atoms with van der Waals surface area (Å²) in [6, 6.07) is 5.15. The molecular weight excluding hydrogens is 290 g/mol. The monoisotopic (exact) mass is 317 g/mol. The highest BCUT2D eigenvalue weighted by Crippen LogP contribution is 2.19. The first-order chi connectivity index (χ1) is 11.1. The summed E-state index contributed by atoms with van der Waals surface area (Å²) in [7, 11) is 0. The Balaban J connectivity index is 1.49. The Morgan fingerprint density at radius 2 is 2.09 bits per heavy atom. The molecular formula is C17H27N5O. The van der Waals surface area contributed by atoms with Crippen LogP contribution in [0.25, 0.3) is 0 Å². The lowest BCUT2D eigenvalue weighted by Gasteiger charge is -2.33. The molecule has 6 heteroatoms. The van der Waals surface area contributed by atoms with Crippen LogP contribution in [-0.4, -0.2) is 38.8 Å². The van der Waals surface area contributed by atoms with E-state index in [-0.39, 0.29) is 6.04 Å². The van der Waals surface area contributed by atoms with Crippen LogP contribution in [0.3, 0.4) is 0 Å². The van der Waals surface area contributed by atoms with Crippen LogP contribution in [0.15, 0.2) is 29.1 Å². The Morgan fingerprint density at radius 3 is 2.74 bits per heavy atom. The summed E-state index contributed by atoms with van der Waals surface area (Å²) in [5, 5.41) is 12.1. The van der Waals surface area contributed by atoms with E-state index in [0.717, 1.165) is 44.1 Å². The molecule has 6 nitrogen and oxygen atoms in total. The van der Waals surface area contributed by atoms with E-state index < -0.39 is 0 Å². The van der Waals surface area contributed by atoms with Crippen molar-refractivity contribution in [3.05, 3.63) is 36.3 Å². The molecule has 0 radical (unpaired) electrons. The summed E-state index contributed by atoms with van der Waals surface area (Å²) in [4.78, 5) is 2.46. The van der Waals surface area contributed by atoms with E-state index in [1.54, 1.807) is 6.26 Å². The average molecular weight is 317 g/mol. The number of hydrogen-bond donors (Lipinski definition) is 1. The van der Waals surface area contributed by atoms with E-state index in [2.05, 4.69) is 45.8 Å². The van der Waals surface area contributed by atoms with E-state index >= 15 is 0 Å². The molecule has 1 N–H and O–H groups in total. The largest absolute Gasteiger partial charge is 0.468 e. The van der Waals surface area contributed by atoms with Crippen LogP contribution >= 0.6 is 0 Å². The summed E-state index contributed by atoms with van der Waals surface area (Å²) < 4.78 is 7.58. The Hall–Kier alpha value is -1.66. The lowest BCUT2D eigenvalue weighted by molar-refractivity contribution is 0.173. The predicted octanol–water partition coefficient (Wildman–Crippen LogP) is 2.77. The van der Waals surface area contributed by atoms with Crippen LogP contribution in [0.1, 0.15) is 57.3 Å². The van der Waals surface area contributed by atoms with Crippen molar-refractivity contribution in [1.82, 2.24) is 25.0 Å². The van der Waals surface area contributed by atoms with Crippen LogP contribution in [-0.2, 0) is 6.54 Å². The summed E-state index contributed by atoms with van der Waals surface area (Å²) in [6.07, 6.45) is 5.88. The molecule has 0 spiro atoms. The van der Waals surface area contributed by atoms with Crippen LogP contribution in [0, 0.1) is 0 Å². The first-order valence-corrected chi connectivity index (χ1v) is 8.53. The standard InChI is InChI=1S/C17H27N5O/c1-13(2)22-12-18-20-17(22)14(3)19-15-6-8-21(9-7-15)11-16-5-4-10-23-16/h4-5,10,12-15,19H,6-9,11H2,1-3H3. The van der Waals surface area contributed by atoms with Gasteiger partial charge in [-0.3, -0.25) is 4.90 Å². The van der Waals surface area contributed by atoms with Crippen molar-refractivity contribution >= 4 is 0 Å². The molecule has 1 saturated heterocycles. The van der Waals surface area contributed by atoms with Gasteiger partial charge in [0.25, 0.3) is 0 Å². The molecule has 0 aromatic carbocycles. The number of likely N-dealkylation sites (tertiary alicyclic amines) is 1. The topological polar surface area (TPSA) is 59.1 Å². The minimum atomic E-state index is 0.224. The minimum absolute atomic E-state index is 0.224. The van der Waals surface area contributed by atoms with E-state index in [0.29, 0.717) is 12.1 Å². The third-order valence-corrected chi connectivity index (χ3v) is 4.58. The Morgan fingerprint density at radius 1 is 1.30 bits per heavy atom. The molecule has 3 rings (SSSR count). The molecule has 3 heterocycles. The first kappa shape index (κ1) is 16.2. The quantitative estimate of drug-likeness (QED) is 0.888. The molecule has 0 aliphatic carbocycles. The van der Waals surface area contributed by atoms with Gasteiger partial charge in [0.1, 0.15) is 17.9 Å². The SMILES string of the molecule is CC(NC1CCN(Cc2ccco2)CC1)c1nncn1C(C)C. The zero-order valence-electron chi connectivity index (χ0n) is 14.3. The van der Waals surface area contributed by atoms with Gasteiger partial charge in [-0.1, -0.05) is 0 Å². The molecule has 1 aliphatic rings. The normalized spacial score (nSPS) is 18.6. The molecule has 2 aromatic rings. The van der Waals surface area contributed by atoms with Crippen LogP contribution < -0.4 is 5.32 Å². The van der Waals surface area contributed by atoms with E-state index in [1.807, 2.05) is 18.5 Å². The van der Waals surface area contributed by atoms with Crippen molar-refractivity contribution in [2.24, 2.45) is 0 Å². The second kappa shape index (κ2) is 7.27. The van der Waals surface area contributed by atoms with Crippen LogP contribution in [0.4, 0.5) is 0 Å². The van der Waals surface area contributed by atoms with Crippen molar-refractivity contribution in [2.75, 3.05) is 13.1 Å². The van der Waals surface area contributed by atoms with Gasteiger partial charge in [-0.2, -0.15) is 0 Å². The summed E-state index contributed by atoms with van der Waals surface area (Å²) in [5.41, 5.74) is 0. The van der Waals surface area contributed by atoms with Crippen LogP contribution in [0.5, 0.6) is 0 Å². The highest BCUT2D eigenvalue weighted by Gasteiger charge is 2.23. The fourth-order valence-corrected chi connectivity index (χ4v) is 3.27. The van der Waals surface area contributed by atoms with Crippen molar-refractivity contribution in [2.45, 2.75) is 58.3 Å². The number of rotatable bonds is 6. The van der Waals surface area contributed by atoms with Gasteiger partial charge in [-0.05, 0) is 45.7 Å². The van der Waals surface area contributed by atoms with Crippen LogP contribution in [0.2, 0.25) is 0 Å². The molecule has 1 atom stereocenters. The highest BCUT2D eigenvalue weighted by atomic mass is 16.3. The zero-order chi connectivity index (χ0) is 16.2. The number of aromatic nitrogens is 3. The highest BCUT2D eigenvalue weighted by molar-refractivity contribution is 4.99. The molecule has 126 valence electrons. The second-order valence-corrected chi connectivity index (χ2v) is 6.71. The maximum absolute atomic E-state index is 5.44. The van der Waals surface area contributed by atoms with Gasteiger partial charge in [-0.25, -0.2) is 0 Å². The third-order valence-electron chi connectivity index (χ3n) is 4.58. The molecule has 0 saturated carbocycles. The number of furan rings is 1. The van der Waals surface area contributed by atoms with Gasteiger partial charge in [0.15, 0.2) is 0 Å². The van der Waals surface area contributed by atoms with Gasteiger partial charge in [0.2, 0.25) is 0 Å². The first-order valence-electron chi connectivity index (χ1n) is 8.53. The Kier molecular flexibility index (Phi) is 5.13. The Bertz CT molecular complexity index is 584. The molecule has 0 amide bonds. The maximum atomic E-state index is 5.44. The second-order valence-electron chi connectivity index (χ2n) is 6.71. The molecule has 0 bridgehead atoms. The van der Waals surface area contributed by atoms with Crippen molar-refractivity contribution in [1.29, 1.82) is 0 Å². The third kappa shape index (κ3) is 4.00. The van der Waals surface area contributed by atoms with Gasteiger partial charge < -0.3 is 14.3 Å². The van der Waals surface area contributed by atoms with E-state index in [9.17, 15) is 0 Å². The van der Waals surface area contributed by atoms with Crippen molar-refractivity contribution in [3.63, 3.8) is 0 Å². The minimum Gasteiger partial charge on any atom is -0.468 e. The van der Waals surface area contributed by atoms with Crippen molar-refractivity contribution < 1.29 is 4.42 Å². The average Bonchev–Trinajstić information content (AvgIpc) is 3.20. The molecule has 23 heavy (non-hydrogen) atoms. The fraction of sp³-hybridized carbons (Fsp3) is 0.647. The van der Waals surface area contributed by atoms with E-state index in [1.165, 1.54) is 0 Å². The van der Waals surface area contributed by atoms with Gasteiger partial charge in [-0.15, -0.1) is 10.2 Å². The smallest absolute Gasteiger partial charge is 0.149 e. The number of nitrogens with zero attached hydrogens (tertiary/aromatic N) is 4. The molecule has 1 unspecified atom stereocenters. The number of hydrogen-bond acceptors (Lipinski definition) is 5. The lowest BCUT2D eigenvalue weighted by atomic mass is 10.0. The summed E-state index contributed by atoms with van der Waals surface area (Å²) in [6.45, 7) is 9.61. The molecule has 2 aromatic heterocycles. The van der Waals surface area contributed by atoms with Crippen molar-refractivity contribution in [3.8, 4) is 0 Å². The maximum Gasteiger partial charge on any atom is 0.149 e. The summed E-state index contributed by atoms with van der Waals surface area (Å²) >= 11 is 0.